The summed E-state index contributed by atoms with van der Waals surface area (Å²) in [6.45, 7) is 9.86. The number of amides is 1. The number of thiocarbonyl (C=S) groups is 1. The molecule has 0 bridgehead atoms. The van der Waals surface area contributed by atoms with Crippen LogP contribution in [0.15, 0.2) is 72.9 Å². The van der Waals surface area contributed by atoms with Crippen LogP contribution in [0.25, 0.3) is 5.69 Å². The van der Waals surface area contributed by atoms with Gasteiger partial charge in [0.15, 0.2) is 5.11 Å². The first-order valence-electron chi connectivity index (χ1n) is 13.9. The van der Waals surface area contributed by atoms with E-state index in [9.17, 15) is 4.79 Å². The summed E-state index contributed by atoms with van der Waals surface area (Å²) in [5.41, 5.74) is 6.10. The molecule has 2 N–H and O–H groups in total. The molecule has 1 saturated heterocycles. The van der Waals surface area contributed by atoms with Gasteiger partial charge >= 0.3 is 0 Å². The molecular weight excluding hydrogens is 546 g/mol. The quantitative estimate of drug-likeness (QED) is 0.235. The van der Waals surface area contributed by atoms with Crippen LogP contribution in [0.1, 0.15) is 55.5 Å². The van der Waals surface area contributed by atoms with Crippen molar-refractivity contribution in [1.29, 1.82) is 0 Å². The van der Waals surface area contributed by atoms with Crippen LogP contribution in [0.2, 0.25) is 0 Å². The topological polar surface area (TPSA) is 80.7 Å². The average molecular weight is 584 g/mol. The van der Waals surface area contributed by atoms with E-state index in [-0.39, 0.29) is 18.0 Å². The molecule has 1 fully saturated rings. The summed E-state index contributed by atoms with van der Waals surface area (Å²) < 4.78 is 13.5. The molecule has 218 valence electrons. The van der Waals surface area contributed by atoms with Crippen molar-refractivity contribution in [3.8, 4) is 17.2 Å². The highest BCUT2D eigenvalue weighted by Crippen LogP contribution is 2.45. The molecule has 4 aromatic rings. The van der Waals surface area contributed by atoms with E-state index < -0.39 is 5.41 Å². The summed E-state index contributed by atoms with van der Waals surface area (Å²) in [4.78, 5) is 19.5. The first-order chi connectivity index (χ1) is 20.0. The van der Waals surface area contributed by atoms with Crippen molar-refractivity contribution >= 4 is 34.6 Å². The Morgan fingerprint density at radius 3 is 2.43 bits per heavy atom. The van der Waals surface area contributed by atoms with Crippen LogP contribution in [0.3, 0.4) is 0 Å². The minimum Gasteiger partial charge on any atom is -0.497 e. The normalized spacial score (nSPS) is 16.7. The number of rotatable bonds is 7. The Morgan fingerprint density at radius 1 is 0.976 bits per heavy atom. The third-order valence-electron chi connectivity index (χ3n) is 7.59. The predicted molar refractivity (Wildman–Crippen MR) is 171 cm³/mol. The van der Waals surface area contributed by atoms with Crippen LogP contribution in [0, 0.1) is 19.3 Å². The Bertz CT molecular complexity index is 1630. The van der Waals surface area contributed by atoms with Crippen LogP contribution in [0.4, 0.5) is 11.4 Å². The Kier molecular flexibility index (Phi) is 7.97. The van der Waals surface area contributed by atoms with Gasteiger partial charge in [0.05, 0.1) is 37.7 Å². The summed E-state index contributed by atoms with van der Waals surface area (Å²) in [5.74, 6) is 1.25. The van der Waals surface area contributed by atoms with Gasteiger partial charge in [-0.1, -0.05) is 32.9 Å². The van der Waals surface area contributed by atoms with E-state index in [0.29, 0.717) is 16.5 Å². The van der Waals surface area contributed by atoms with E-state index >= 15 is 0 Å². The van der Waals surface area contributed by atoms with E-state index in [4.69, 9.17) is 26.7 Å². The van der Waals surface area contributed by atoms with Crippen LogP contribution >= 0.6 is 12.2 Å². The van der Waals surface area contributed by atoms with E-state index in [0.717, 1.165) is 39.8 Å². The lowest BCUT2D eigenvalue weighted by molar-refractivity contribution is -0.123. The standard InChI is InChI=1S/C33H37N5O3S/c1-20-17-25(21(2)37(20)22-11-10-12-24(18-22)40-6)30-29(27-13-8-9-16-34-27)36-32(42)38(30)23-14-15-26(28(19-23)41-7)35-31(39)33(3,4)5/h8-19,29-30H,1-7H3,(H,35,39)(H,36,42). The molecule has 1 aliphatic heterocycles. The average Bonchev–Trinajstić information content (AvgIpc) is 3.47. The second kappa shape index (κ2) is 11.5. The smallest absolute Gasteiger partial charge is 0.229 e. The van der Waals surface area contributed by atoms with Crippen molar-refractivity contribution in [2.24, 2.45) is 5.41 Å². The molecule has 9 heteroatoms. The largest absolute Gasteiger partial charge is 0.497 e. The number of benzene rings is 2. The Balaban J connectivity index is 1.63. The van der Waals surface area contributed by atoms with Crippen molar-refractivity contribution in [1.82, 2.24) is 14.9 Å². The van der Waals surface area contributed by atoms with Crippen molar-refractivity contribution in [3.05, 3.63) is 95.6 Å². The summed E-state index contributed by atoms with van der Waals surface area (Å²) in [7, 11) is 3.27. The van der Waals surface area contributed by atoms with Crippen LogP contribution in [0.5, 0.6) is 11.5 Å². The molecule has 2 aromatic carbocycles. The Labute approximate surface area is 252 Å². The summed E-state index contributed by atoms with van der Waals surface area (Å²) in [6.07, 6.45) is 1.80. The molecule has 1 aliphatic rings. The maximum atomic E-state index is 12.7. The zero-order valence-corrected chi connectivity index (χ0v) is 25.9. The number of anilines is 2. The van der Waals surface area contributed by atoms with E-state index in [1.807, 2.05) is 75.4 Å². The van der Waals surface area contributed by atoms with Crippen LogP contribution < -0.4 is 25.0 Å². The predicted octanol–water partition coefficient (Wildman–Crippen LogP) is 6.67. The van der Waals surface area contributed by atoms with Gasteiger partial charge in [0.1, 0.15) is 11.5 Å². The zero-order valence-electron chi connectivity index (χ0n) is 25.1. The fourth-order valence-corrected chi connectivity index (χ4v) is 5.77. The third kappa shape index (κ3) is 5.44. The number of methoxy groups -OCH3 is 2. The SMILES string of the molecule is COc1cccc(-n2c(C)cc(C3C(c4ccccn4)NC(=S)N3c3ccc(NC(=O)C(C)(C)C)c(OC)c3)c2C)c1. The number of carbonyl (C=O) groups excluding carboxylic acids is 1. The fraction of sp³-hybridized carbons (Fsp3) is 0.303. The van der Waals surface area contributed by atoms with Gasteiger partial charge in [-0.25, -0.2) is 0 Å². The van der Waals surface area contributed by atoms with Gasteiger partial charge in [-0.15, -0.1) is 0 Å². The molecule has 0 aliphatic carbocycles. The maximum Gasteiger partial charge on any atom is 0.229 e. The van der Waals surface area contributed by atoms with Gasteiger partial charge < -0.3 is 29.6 Å². The molecule has 2 aromatic heterocycles. The minimum absolute atomic E-state index is 0.0926. The molecular formula is C33H37N5O3S. The lowest BCUT2D eigenvalue weighted by Crippen LogP contribution is -2.30. The maximum absolute atomic E-state index is 12.7. The summed E-state index contributed by atoms with van der Waals surface area (Å²) in [5, 5.41) is 7.12. The van der Waals surface area contributed by atoms with Crippen molar-refractivity contribution in [3.63, 3.8) is 0 Å². The molecule has 0 spiro atoms. The Morgan fingerprint density at radius 2 is 1.76 bits per heavy atom. The zero-order chi connectivity index (χ0) is 30.2. The molecule has 1 amide bonds. The summed E-state index contributed by atoms with van der Waals surface area (Å²) in [6, 6.07) is 21.5. The van der Waals surface area contributed by atoms with E-state index in [1.165, 1.54) is 0 Å². The van der Waals surface area contributed by atoms with E-state index in [2.05, 4.69) is 46.1 Å². The number of ether oxygens (including phenoxy) is 2. The van der Waals surface area contributed by atoms with Gasteiger partial charge in [0.2, 0.25) is 5.91 Å². The fourth-order valence-electron chi connectivity index (χ4n) is 5.43. The molecule has 2 unspecified atom stereocenters. The highest BCUT2D eigenvalue weighted by molar-refractivity contribution is 7.80. The number of hydrogen-bond acceptors (Lipinski definition) is 5. The summed E-state index contributed by atoms with van der Waals surface area (Å²) >= 11 is 5.97. The van der Waals surface area contributed by atoms with Crippen LogP contribution in [-0.4, -0.2) is 34.8 Å². The lowest BCUT2D eigenvalue weighted by atomic mass is 9.95. The van der Waals surface area contributed by atoms with Gasteiger partial charge in [0.25, 0.3) is 0 Å². The van der Waals surface area contributed by atoms with Crippen molar-refractivity contribution < 1.29 is 14.3 Å². The number of nitrogens with zero attached hydrogens (tertiary/aromatic N) is 3. The molecule has 0 saturated carbocycles. The monoisotopic (exact) mass is 583 g/mol. The van der Waals surface area contributed by atoms with Crippen molar-refractivity contribution in [2.45, 2.75) is 46.7 Å². The van der Waals surface area contributed by atoms with Crippen LogP contribution in [-0.2, 0) is 4.79 Å². The minimum atomic E-state index is -0.545. The highest BCUT2D eigenvalue weighted by atomic mass is 32.1. The number of aromatic nitrogens is 2. The highest BCUT2D eigenvalue weighted by Gasteiger charge is 2.42. The first kappa shape index (κ1) is 29.1. The van der Waals surface area contributed by atoms with E-state index in [1.54, 1.807) is 20.4 Å². The van der Waals surface area contributed by atoms with Gasteiger partial charge in [-0.2, -0.15) is 0 Å². The second-order valence-corrected chi connectivity index (χ2v) is 11.8. The second-order valence-electron chi connectivity index (χ2n) is 11.4. The number of pyridine rings is 1. The number of nitrogens with one attached hydrogen (secondary N) is 2. The molecule has 8 nitrogen and oxygen atoms in total. The molecule has 3 heterocycles. The number of aryl methyl sites for hydroxylation is 1. The first-order valence-corrected chi connectivity index (χ1v) is 14.3. The molecule has 0 radical (unpaired) electrons. The molecule has 5 rings (SSSR count). The number of carbonyl (C=O) groups is 1. The van der Waals surface area contributed by atoms with Crippen molar-refractivity contribution in [2.75, 3.05) is 24.4 Å². The van der Waals surface area contributed by atoms with Gasteiger partial charge in [-0.05, 0) is 74.1 Å². The van der Waals surface area contributed by atoms with Gasteiger partial charge in [0, 0.05) is 46.5 Å². The molecule has 2 atom stereocenters. The molecule has 42 heavy (non-hydrogen) atoms. The lowest BCUT2D eigenvalue weighted by Gasteiger charge is -2.29. The Hall–Kier alpha value is -4.37. The van der Waals surface area contributed by atoms with Gasteiger partial charge in [-0.3, -0.25) is 9.78 Å². The number of hydrogen-bond donors (Lipinski definition) is 2. The third-order valence-corrected chi connectivity index (χ3v) is 7.91.